The third-order valence-corrected chi connectivity index (χ3v) is 5.61. The van der Waals surface area contributed by atoms with Crippen LogP contribution in [0, 0.1) is 0 Å². The lowest BCUT2D eigenvalue weighted by Gasteiger charge is -2.11. The van der Waals surface area contributed by atoms with Crippen molar-refractivity contribution < 1.29 is 22.7 Å². The predicted octanol–water partition coefficient (Wildman–Crippen LogP) is 1.66. The summed E-state index contributed by atoms with van der Waals surface area (Å²) in [5.41, 5.74) is 1.25. The lowest BCUT2D eigenvalue weighted by atomic mass is 10.1. The smallest absolute Gasteiger partial charge is 0.328 e. The summed E-state index contributed by atoms with van der Waals surface area (Å²) < 4.78 is 29.1. The van der Waals surface area contributed by atoms with Gasteiger partial charge in [-0.2, -0.15) is 0 Å². The number of carbonyl (C=O) groups is 2. The molecule has 1 unspecified atom stereocenters. The Labute approximate surface area is 155 Å². The fourth-order valence-electron chi connectivity index (χ4n) is 2.08. The molecular formula is C18H26N2O5S. The zero-order valence-corrected chi connectivity index (χ0v) is 16.4. The maximum Gasteiger partial charge on any atom is 0.328 e. The van der Waals surface area contributed by atoms with E-state index in [-0.39, 0.29) is 11.7 Å². The molecule has 0 bridgehead atoms. The van der Waals surface area contributed by atoms with Gasteiger partial charge in [0.15, 0.2) is 0 Å². The summed E-state index contributed by atoms with van der Waals surface area (Å²) in [4.78, 5) is 23.5. The van der Waals surface area contributed by atoms with Crippen LogP contribution in [0.15, 0.2) is 30.3 Å². The highest BCUT2D eigenvalue weighted by Gasteiger charge is 2.16. The Balaban J connectivity index is 2.61. The summed E-state index contributed by atoms with van der Waals surface area (Å²) in [7, 11) is 1.12. The maximum absolute atomic E-state index is 12.2. The number of amides is 1. The zero-order valence-electron chi connectivity index (χ0n) is 15.6. The first-order valence-electron chi connectivity index (χ1n) is 8.23. The van der Waals surface area contributed by atoms with Gasteiger partial charge in [-0.3, -0.25) is 4.79 Å². The molecule has 1 atom stereocenters. The Kier molecular flexibility index (Phi) is 8.47. The first-order valence-corrected chi connectivity index (χ1v) is 9.84. The molecule has 7 nitrogen and oxygen atoms in total. The molecule has 1 aromatic rings. The largest absolute Gasteiger partial charge is 0.467 e. The highest BCUT2D eigenvalue weighted by molar-refractivity contribution is 7.89. The number of hydrogen-bond donors (Lipinski definition) is 1. The zero-order chi connectivity index (χ0) is 19.7. The number of carbonyl (C=O) groups excluding carboxylic acids is 2. The molecule has 0 saturated heterocycles. The molecule has 1 N–H and O–H groups in total. The SMILES string of the molecule is COC(=O)C(C)NC(=O)c1cccc(/C=C/CCCS(=O)(=O)N(C)C)c1. The normalized spacial score (nSPS) is 13.0. The Morgan fingerprint density at radius 2 is 2.00 bits per heavy atom. The van der Waals surface area contributed by atoms with E-state index in [9.17, 15) is 18.0 Å². The van der Waals surface area contributed by atoms with Crippen LogP contribution in [-0.4, -0.2) is 57.6 Å². The van der Waals surface area contributed by atoms with E-state index < -0.39 is 22.0 Å². The molecule has 0 aromatic heterocycles. The third kappa shape index (κ3) is 6.97. The van der Waals surface area contributed by atoms with E-state index in [1.165, 1.54) is 25.5 Å². The van der Waals surface area contributed by atoms with Crippen LogP contribution in [0.3, 0.4) is 0 Å². The number of methoxy groups -OCH3 is 1. The second-order valence-electron chi connectivity index (χ2n) is 5.99. The number of hydrogen-bond acceptors (Lipinski definition) is 5. The topological polar surface area (TPSA) is 92.8 Å². The second-order valence-corrected chi connectivity index (χ2v) is 8.29. The number of esters is 1. The van der Waals surface area contributed by atoms with E-state index in [2.05, 4.69) is 10.1 Å². The molecule has 0 saturated carbocycles. The van der Waals surface area contributed by atoms with Crippen LogP contribution in [0.5, 0.6) is 0 Å². The van der Waals surface area contributed by atoms with Crippen molar-refractivity contribution in [2.24, 2.45) is 0 Å². The van der Waals surface area contributed by atoms with Gasteiger partial charge in [-0.1, -0.05) is 24.3 Å². The molecule has 0 aliphatic heterocycles. The van der Waals surface area contributed by atoms with Crippen molar-refractivity contribution >= 4 is 28.0 Å². The van der Waals surface area contributed by atoms with E-state index in [0.717, 1.165) is 5.56 Å². The van der Waals surface area contributed by atoms with Gasteiger partial charge in [-0.25, -0.2) is 17.5 Å². The molecule has 0 radical (unpaired) electrons. The minimum atomic E-state index is -3.17. The highest BCUT2D eigenvalue weighted by atomic mass is 32.2. The summed E-state index contributed by atoms with van der Waals surface area (Å²) >= 11 is 0. The molecule has 1 amide bonds. The Morgan fingerprint density at radius 1 is 1.31 bits per heavy atom. The van der Waals surface area contributed by atoms with Crippen molar-refractivity contribution in [2.75, 3.05) is 27.0 Å². The van der Waals surface area contributed by atoms with E-state index in [1.54, 1.807) is 25.1 Å². The van der Waals surface area contributed by atoms with Crippen molar-refractivity contribution in [3.8, 4) is 0 Å². The van der Waals surface area contributed by atoms with Gasteiger partial charge in [0.1, 0.15) is 6.04 Å². The second kappa shape index (κ2) is 10.1. The van der Waals surface area contributed by atoms with E-state index >= 15 is 0 Å². The fraction of sp³-hybridized carbons (Fsp3) is 0.444. The predicted molar refractivity (Wildman–Crippen MR) is 101 cm³/mol. The lowest BCUT2D eigenvalue weighted by Crippen LogP contribution is -2.39. The van der Waals surface area contributed by atoms with Gasteiger partial charge in [0.2, 0.25) is 10.0 Å². The average molecular weight is 382 g/mol. The average Bonchev–Trinajstić information content (AvgIpc) is 2.60. The van der Waals surface area contributed by atoms with Crippen LogP contribution in [0.1, 0.15) is 35.7 Å². The lowest BCUT2D eigenvalue weighted by molar-refractivity contribution is -0.142. The molecule has 0 fully saturated rings. The number of nitrogens with one attached hydrogen (secondary N) is 1. The molecule has 26 heavy (non-hydrogen) atoms. The van der Waals surface area contributed by atoms with Gasteiger partial charge < -0.3 is 10.1 Å². The Hall–Kier alpha value is -2.19. The number of ether oxygens (including phenoxy) is 1. The summed E-state index contributed by atoms with van der Waals surface area (Å²) in [6, 6.07) is 6.21. The van der Waals surface area contributed by atoms with Crippen molar-refractivity contribution in [3.63, 3.8) is 0 Å². The number of benzene rings is 1. The molecule has 8 heteroatoms. The van der Waals surface area contributed by atoms with Gasteiger partial charge >= 0.3 is 5.97 Å². The summed E-state index contributed by atoms with van der Waals surface area (Å²) in [5.74, 6) is -0.782. The molecule has 1 rings (SSSR count). The number of unbranched alkanes of at least 4 members (excludes halogenated alkanes) is 1. The van der Waals surface area contributed by atoms with Gasteiger partial charge in [0.05, 0.1) is 12.9 Å². The molecule has 1 aromatic carbocycles. The minimum Gasteiger partial charge on any atom is -0.467 e. The van der Waals surface area contributed by atoms with Crippen LogP contribution < -0.4 is 5.32 Å². The minimum absolute atomic E-state index is 0.0954. The molecule has 0 aliphatic rings. The van der Waals surface area contributed by atoms with Crippen LogP contribution in [0.25, 0.3) is 6.08 Å². The van der Waals surface area contributed by atoms with Gasteiger partial charge in [0.25, 0.3) is 5.91 Å². The first kappa shape index (κ1) is 21.9. The summed E-state index contributed by atoms with van der Waals surface area (Å²) in [5, 5.41) is 2.57. The molecule has 0 heterocycles. The van der Waals surface area contributed by atoms with Gasteiger partial charge in [0, 0.05) is 19.7 Å². The molecule has 0 spiro atoms. The van der Waals surface area contributed by atoms with Crippen LogP contribution >= 0.6 is 0 Å². The third-order valence-electron chi connectivity index (χ3n) is 3.69. The molecule has 144 valence electrons. The first-order chi connectivity index (χ1) is 12.2. The van der Waals surface area contributed by atoms with Gasteiger partial charge in [-0.15, -0.1) is 0 Å². The van der Waals surface area contributed by atoms with Gasteiger partial charge in [-0.05, 0) is 37.5 Å². The molecule has 0 aliphatic carbocycles. The van der Waals surface area contributed by atoms with E-state index in [0.29, 0.717) is 18.4 Å². The monoisotopic (exact) mass is 382 g/mol. The van der Waals surface area contributed by atoms with Crippen LogP contribution in [0.2, 0.25) is 0 Å². The van der Waals surface area contributed by atoms with Crippen molar-refractivity contribution in [1.29, 1.82) is 0 Å². The fourth-order valence-corrected chi connectivity index (χ4v) is 2.98. The summed E-state index contributed by atoms with van der Waals surface area (Å²) in [6.07, 6.45) is 4.85. The van der Waals surface area contributed by atoms with Crippen molar-refractivity contribution in [2.45, 2.75) is 25.8 Å². The maximum atomic E-state index is 12.2. The van der Waals surface area contributed by atoms with E-state index in [1.807, 2.05) is 18.2 Å². The quantitative estimate of drug-likeness (QED) is 0.518. The van der Waals surface area contributed by atoms with Crippen molar-refractivity contribution in [3.05, 3.63) is 41.5 Å². The summed E-state index contributed by atoms with van der Waals surface area (Å²) in [6.45, 7) is 1.55. The Bertz CT molecular complexity index is 757. The standard InChI is InChI=1S/C18H26N2O5S/c1-14(18(22)25-4)19-17(21)16-11-8-10-15(13-16)9-6-5-7-12-26(23,24)20(2)3/h6,8-11,13-14H,5,7,12H2,1-4H3,(H,19,21)/b9-6+. The molecular weight excluding hydrogens is 356 g/mol. The highest BCUT2D eigenvalue weighted by Crippen LogP contribution is 2.09. The number of sulfonamides is 1. The van der Waals surface area contributed by atoms with E-state index in [4.69, 9.17) is 0 Å². The van der Waals surface area contributed by atoms with Crippen LogP contribution in [-0.2, 0) is 19.6 Å². The number of allylic oxidation sites excluding steroid dienone is 1. The van der Waals surface area contributed by atoms with Crippen LogP contribution in [0.4, 0.5) is 0 Å². The van der Waals surface area contributed by atoms with Crippen molar-refractivity contribution in [1.82, 2.24) is 9.62 Å². The number of rotatable bonds is 9. The Morgan fingerprint density at radius 3 is 2.62 bits per heavy atom. The number of nitrogens with zero attached hydrogens (tertiary/aromatic N) is 1.